The summed E-state index contributed by atoms with van der Waals surface area (Å²) in [7, 11) is 0. The first-order valence-electron chi connectivity index (χ1n) is 4.83. The van der Waals surface area contributed by atoms with Crippen molar-refractivity contribution in [2.75, 3.05) is 0 Å². The molecule has 1 fully saturated rings. The first kappa shape index (κ1) is 9.65. The molecule has 0 spiro atoms. The van der Waals surface area contributed by atoms with Crippen molar-refractivity contribution in [1.29, 1.82) is 0 Å². The van der Waals surface area contributed by atoms with E-state index in [0.29, 0.717) is 0 Å². The minimum Gasteiger partial charge on any atom is -0.393 e. The highest BCUT2D eigenvalue weighted by molar-refractivity contribution is 4.70. The maximum Gasteiger partial charge on any atom is 0.0919 e. The standard InChI is InChI=1S/C9H17NO2/c11-9-6-2-1-4-8(10-12)5-3-7-9/h8-9,11H,1-7H2. The van der Waals surface area contributed by atoms with Crippen LogP contribution >= 0.6 is 0 Å². The van der Waals surface area contributed by atoms with Gasteiger partial charge in [0.05, 0.1) is 12.1 Å². The number of hydrogen-bond donors (Lipinski definition) is 1. The maximum atomic E-state index is 10.3. The fourth-order valence-electron chi connectivity index (χ4n) is 1.74. The Morgan fingerprint density at radius 2 is 1.58 bits per heavy atom. The molecule has 0 aromatic heterocycles. The average molecular weight is 171 g/mol. The van der Waals surface area contributed by atoms with Crippen LogP contribution in [-0.2, 0) is 0 Å². The average Bonchev–Trinajstić information content (AvgIpc) is 2.17. The zero-order chi connectivity index (χ0) is 8.81. The van der Waals surface area contributed by atoms with Crippen LogP contribution in [0.1, 0.15) is 44.9 Å². The SMILES string of the molecule is O=NC1CCCCC(O)CCC1. The van der Waals surface area contributed by atoms with E-state index in [9.17, 15) is 10.0 Å². The van der Waals surface area contributed by atoms with Gasteiger partial charge in [-0.3, -0.25) is 0 Å². The summed E-state index contributed by atoms with van der Waals surface area (Å²) in [5.74, 6) is 0. The van der Waals surface area contributed by atoms with Gasteiger partial charge in [-0.15, -0.1) is 0 Å². The van der Waals surface area contributed by atoms with Crippen molar-refractivity contribution < 1.29 is 5.11 Å². The summed E-state index contributed by atoms with van der Waals surface area (Å²) >= 11 is 0. The molecule has 2 unspecified atom stereocenters. The fourth-order valence-corrected chi connectivity index (χ4v) is 1.74. The summed E-state index contributed by atoms with van der Waals surface area (Å²) in [4.78, 5) is 10.3. The smallest absolute Gasteiger partial charge is 0.0919 e. The second-order valence-electron chi connectivity index (χ2n) is 3.63. The molecule has 12 heavy (non-hydrogen) atoms. The predicted octanol–water partition coefficient (Wildman–Crippen LogP) is 2.23. The molecule has 3 heteroatoms. The third-order valence-electron chi connectivity index (χ3n) is 2.55. The molecule has 70 valence electrons. The first-order chi connectivity index (χ1) is 5.83. The topological polar surface area (TPSA) is 49.7 Å². The van der Waals surface area contributed by atoms with Gasteiger partial charge >= 0.3 is 0 Å². The van der Waals surface area contributed by atoms with Gasteiger partial charge in [-0.05, 0) is 32.1 Å². The van der Waals surface area contributed by atoms with Crippen molar-refractivity contribution in [1.82, 2.24) is 0 Å². The second kappa shape index (κ2) is 5.25. The molecule has 1 aliphatic carbocycles. The number of aliphatic hydroxyl groups excluding tert-OH is 1. The Morgan fingerprint density at radius 3 is 2.33 bits per heavy atom. The summed E-state index contributed by atoms with van der Waals surface area (Å²) in [6.07, 6.45) is 6.38. The molecule has 0 heterocycles. The van der Waals surface area contributed by atoms with E-state index in [1.165, 1.54) is 0 Å². The first-order valence-corrected chi connectivity index (χ1v) is 4.83. The molecule has 1 saturated carbocycles. The van der Waals surface area contributed by atoms with Gasteiger partial charge < -0.3 is 5.11 Å². The van der Waals surface area contributed by atoms with Crippen molar-refractivity contribution in [2.45, 2.75) is 57.1 Å². The highest BCUT2D eigenvalue weighted by Gasteiger charge is 2.13. The van der Waals surface area contributed by atoms with E-state index in [4.69, 9.17) is 0 Å². The van der Waals surface area contributed by atoms with Crippen LogP contribution < -0.4 is 0 Å². The van der Waals surface area contributed by atoms with Crippen molar-refractivity contribution in [2.24, 2.45) is 5.18 Å². The lowest BCUT2D eigenvalue weighted by atomic mass is 10.1. The number of hydrogen-bond acceptors (Lipinski definition) is 3. The highest BCUT2D eigenvalue weighted by Crippen LogP contribution is 2.19. The lowest BCUT2D eigenvalue weighted by molar-refractivity contribution is 0.150. The monoisotopic (exact) mass is 171 g/mol. The van der Waals surface area contributed by atoms with Gasteiger partial charge in [0, 0.05) is 0 Å². The van der Waals surface area contributed by atoms with Gasteiger partial charge in [-0.2, -0.15) is 4.91 Å². The van der Waals surface area contributed by atoms with Crippen LogP contribution in [0, 0.1) is 4.91 Å². The number of nitrogens with zero attached hydrogens (tertiary/aromatic N) is 1. The molecule has 1 aliphatic rings. The molecule has 0 amide bonds. The molecule has 1 rings (SSSR count). The van der Waals surface area contributed by atoms with Crippen LogP contribution in [0.3, 0.4) is 0 Å². The van der Waals surface area contributed by atoms with Gasteiger partial charge in [-0.25, -0.2) is 0 Å². The minimum atomic E-state index is -0.143. The van der Waals surface area contributed by atoms with Crippen molar-refractivity contribution >= 4 is 0 Å². The van der Waals surface area contributed by atoms with Crippen molar-refractivity contribution in [3.8, 4) is 0 Å². The van der Waals surface area contributed by atoms with Crippen LogP contribution in [0.25, 0.3) is 0 Å². The summed E-state index contributed by atoms with van der Waals surface area (Å²) in [6.45, 7) is 0. The molecular formula is C9H17NO2. The number of rotatable bonds is 1. The lowest BCUT2D eigenvalue weighted by Gasteiger charge is -2.06. The zero-order valence-electron chi connectivity index (χ0n) is 7.41. The predicted molar refractivity (Wildman–Crippen MR) is 47.9 cm³/mol. The molecule has 2 atom stereocenters. The molecule has 1 N–H and O–H groups in total. The molecule has 0 radical (unpaired) electrons. The van der Waals surface area contributed by atoms with Gasteiger partial charge in [0.2, 0.25) is 0 Å². The fraction of sp³-hybridized carbons (Fsp3) is 1.00. The van der Waals surface area contributed by atoms with Gasteiger partial charge in [0.25, 0.3) is 0 Å². The Kier molecular flexibility index (Phi) is 4.22. The van der Waals surface area contributed by atoms with Crippen LogP contribution in [0.5, 0.6) is 0 Å². The van der Waals surface area contributed by atoms with Gasteiger partial charge in [0.15, 0.2) is 0 Å². The molecular weight excluding hydrogens is 154 g/mol. The molecule has 0 bridgehead atoms. The Labute approximate surface area is 73.1 Å². The molecule has 0 aliphatic heterocycles. The number of nitroso groups, excluding NO2 is 1. The van der Waals surface area contributed by atoms with E-state index in [1.54, 1.807) is 0 Å². The third-order valence-corrected chi connectivity index (χ3v) is 2.55. The number of aliphatic hydroxyl groups is 1. The van der Waals surface area contributed by atoms with Crippen LogP contribution in [0.2, 0.25) is 0 Å². The minimum absolute atomic E-state index is 0.00954. The Hall–Kier alpha value is -0.440. The summed E-state index contributed by atoms with van der Waals surface area (Å²) in [6, 6.07) is 0.00954. The lowest BCUT2D eigenvalue weighted by Crippen LogP contribution is -2.05. The maximum absolute atomic E-state index is 10.3. The summed E-state index contributed by atoms with van der Waals surface area (Å²) in [5, 5.41) is 12.5. The van der Waals surface area contributed by atoms with Gasteiger partial charge in [-0.1, -0.05) is 18.0 Å². The normalized spacial score (nSPS) is 33.1. The second-order valence-corrected chi connectivity index (χ2v) is 3.63. The van der Waals surface area contributed by atoms with E-state index < -0.39 is 0 Å². The van der Waals surface area contributed by atoms with E-state index in [1.807, 2.05) is 0 Å². The zero-order valence-corrected chi connectivity index (χ0v) is 7.41. The van der Waals surface area contributed by atoms with E-state index in [0.717, 1.165) is 44.9 Å². The van der Waals surface area contributed by atoms with Crippen LogP contribution in [-0.4, -0.2) is 17.3 Å². The van der Waals surface area contributed by atoms with E-state index in [-0.39, 0.29) is 12.1 Å². The van der Waals surface area contributed by atoms with E-state index >= 15 is 0 Å². The largest absolute Gasteiger partial charge is 0.393 e. The highest BCUT2D eigenvalue weighted by atomic mass is 16.3. The van der Waals surface area contributed by atoms with Crippen molar-refractivity contribution in [3.05, 3.63) is 4.91 Å². The Bertz CT molecular complexity index is 138. The van der Waals surface area contributed by atoms with Crippen molar-refractivity contribution in [3.63, 3.8) is 0 Å². The quantitative estimate of drug-likeness (QED) is 0.615. The Balaban J connectivity index is 2.31. The molecule has 3 nitrogen and oxygen atoms in total. The molecule has 0 saturated heterocycles. The van der Waals surface area contributed by atoms with E-state index in [2.05, 4.69) is 5.18 Å². The Morgan fingerprint density at radius 1 is 1.00 bits per heavy atom. The van der Waals surface area contributed by atoms with Crippen LogP contribution in [0.4, 0.5) is 0 Å². The van der Waals surface area contributed by atoms with Gasteiger partial charge in [0.1, 0.15) is 0 Å². The molecule has 0 aromatic rings. The summed E-state index contributed by atoms with van der Waals surface area (Å²) in [5.41, 5.74) is 0. The van der Waals surface area contributed by atoms with Crippen LogP contribution in [0.15, 0.2) is 5.18 Å². The molecule has 0 aromatic carbocycles. The third kappa shape index (κ3) is 3.30. The summed E-state index contributed by atoms with van der Waals surface area (Å²) < 4.78 is 0.